The summed E-state index contributed by atoms with van der Waals surface area (Å²) in [6.07, 6.45) is 0.694. The van der Waals surface area contributed by atoms with Crippen molar-refractivity contribution in [2.24, 2.45) is 0 Å². The Balaban J connectivity index is 2.70. The number of hydrogen-bond acceptors (Lipinski definition) is 1. The van der Waals surface area contributed by atoms with Gasteiger partial charge in [-0.15, -0.1) is 0 Å². The lowest BCUT2D eigenvalue weighted by atomic mass is 10.1. The van der Waals surface area contributed by atoms with Gasteiger partial charge >= 0.3 is 0 Å². The van der Waals surface area contributed by atoms with Crippen molar-refractivity contribution in [1.82, 2.24) is 4.90 Å². The van der Waals surface area contributed by atoms with E-state index in [4.69, 9.17) is 11.6 Å². The predicted molar refractivity (Wildman–Crippen MR) is 53.7 cm³/mol. The van der Waals surface area contributed by atoms with Crippen molar-refractivity contribution >= 4 is 11.6 Å². The maximum atomic E-state index is 13.1. The molecular weight excluding hydrogens is 189 g/mol. The third-order valence-electron chi connectivity index (χ3n) is 1.84. The van der Waals surface area contributed by atoms with Crippen molar-refractivity contribution in [3.63, 3.8) is 0 Å². The molecule has 0 aliphatic heterocycles. The summed E-state index contributed by atoms with van der Waals surface area (Å²) in [4.78, 5) is 2.01. The molecule has 0 atom stereocenters. The summed E-state index contributed by atoms with van der Waals surface area (Å²) in [5.74, 6) is -0.175. The minimum atomic E-state index is -0.175. The molecule has 0 saturated heterocycles. The van der Waals surface area contributed by atoms with E-state index in [2.05, 4.69) is 0 Å². The highest BCUT2D eigenvalue weighted by Gasteiger charge is 2.02. The fourth-order valence-electron chi connectivity index (χ4n) is 1.08. The highest BCUT2D eigenvalue weighted by atomic mass is 35.5. The molecule has 72 valence electrons. The van der Waals surface area contributed by atoms with E-state index >= 15 is 0 Å². The van der Waals surface area contributed by atoms with Crippen molar-refractivity contribution in [2.75, 3.05) is 20.6 Å². The SMILES string of the molecule is CN(C)CCc1cc(Cl)ccc1F. The fraction of sp³-hybridized carbons (Fsp3) is 0.400. The summed E-state index contributed by atoms with van der Waals surface area (Å²) in [6, 6.07) is 4.66. The fourth-order valence-corrected chi connectivity index (χ4v) is 1.27. The number of likely N-dealkylation sites (N-methyl/N-ethyl adjacent to an activating group) is 1. The van der Waals surface area contributed by atoms with E-state index in [-0.39, 0.29) is 5.82 Å². The Labute approximate surface area is 83.1 Å². The third-order valence-corrected chi connectivity index (χ3v) is 2.07. The molecule has 0 aliphatic carbocycles. The van der Waals surface area contributed by atoms with Crippen LogP contribution in [-0.4, -0.2) is 25.5 Å². The van der Waals surface area contributed by atoms with Gasteiger partial charge in [0.2, 0.25) is 0 Å². The molecule has 0 radical (unpaired) electrons. The van der Waals surface area contributed by atoms with Crippen LogP contribution in [0.25, 0.3) is 0 Å². The third kappa shape index (κ3) is 3.33. The lowest BCUT2D eigenvalue weighted by Gasteiger charge is -2.09. The van der Waals surface area contributed by atoms with Gasteiger partial charge in [-0.1, -0.05) is 11.6 Å². The molecule has 0 fully saturated rings. The standard InChI is InChI=1S/C10H13ClFN/c1-13(2)6-5-8-7-9(11)3-4-10(8)12/h3-4,7H,5-6H2,1-2H3. The zero-order valence-electron chi connectivity index (χ0n) is 7.85. The van der Waals surface area contributed by atoms with Crippen molar-refractivity contribution in [1.29, 1.82) is 0 Å². The second-order valence-corrected chi connectivity index (χ2v) is 3.73. The largest absolute Gasteiger partial charge is 0.309 e. The Bertz CT molecular complexity index is 286. The van der Waals surface area contributed by atoms with Crippen LogP contribution in [0.1, 0.15) is 5.56 Å². The van der Waals surface area contributed by atoms with Crippen LogP contribution in [0.5, 0.6) is 0 Å². The topological polar surface area (TPSA) is 3.24 Å². The van der Waals surface area contributed by atoms with Gasteiger partial charge in [0.05, 0.1) is 0 Å². The van der Waals surface area contributed by atoms with Crippen LogP contribution in [0, 0.1) is 5.82 Å². The van der Waals surface area contributed by atoms with Crippen LogP contribution in [0.4, 0.5) is 4.39 Å². The first-order valence-electron chi connectivity index (χ1n) is 4.18. The van der Waals surface area contributed by atoms with Gasteiger partial charge in [0, 0.05) is 11.6 Å². The van der Waals surface area contributed by atoms with Gasteiger partial charge in [0.15, 0.2) is 0 Å². The Morgan fingerprint density at radius 1 is 1.38 bits per heavy atom. The van der Waals surface area contributed by atoms with E-state index in [9.17, 15) is 4.39 Å². The summed E-state index contributed by atoms with van der Waals surface area (Å²) in [5, 5.41) is 0.593. The minimum Gasteiger partial charge on any atom is -0.309 e. The molecule has 0 amide bonds. The first-order chi connectivity index (χ1) is 6.09. The van der Waals surface area contributed by atoms with Crippen LogP contribution < -0.4 is 0 Å². The molecular formula is C10H13ClFN. The maximum Gasteiger partial charge on any atom is 0.126 e. The van der Waals surface area contributed by atoms with Gasteiger partial charge in [-0.05, 0) is 44.3 Å². The average molecular weight is 202 g/mol. The molecule has 0 bridgehead atoms. The lowest BCUT2D eigenvalue weighted by molar-refractivity contribution is 0.410. The van der Waals surface area contributed by atoms with Crippen molar-refractivity contribution in [3.8, 4) is 0 Å². The Hall–Kier alpha value is -0.600. The van der Waals surface area contributed by atoms with Crippen LogP contribution in [-0.2, 0) is 6.42 Å². The molecule has 1 rings (SSSR count). The second kappa shape index (κ2) is 4.58. The molecule has 13 heavy (non-hydrogen) atoms. The first-order valence-corrected chi connectivity index (χ1v) is 4.56. The first kappa shape index (κ1) is 10.5. The van der Waals surface area contributed by atoms with Gasteiger partial charge in [-0.25, -0.2) is 4.39 Å². The molecule has 1 aromatic rings. The van der Waals surface area contributed by atoms with Crippen molar-refractivity contribution < 1.29 is 4.39 Å². The minimum absolute atomic E-state index is 0.175. The van der Waals surface area contributed by atoms with Gasteiger partial charge in [-0.2, -0.15) is 0 Å². The molecule has 0 unspecified atom stereocenters. The van der Waals surface area contributed by atoms with E-state index in [1.54, 1.807) is 12.1 Å². The molecule has 1 nitrogen and oxygen atoms in total. The number of halogens is 2. The normalized spacial score (nSPS) is 10.8. The van der Waals surface area contributed by atoms with Crippen molar-refractivity contribution in [3.05, 3.63) is 34.6 Å². The molecule has 0 aromatic heterocycles. The average Bonchev–Trinajstić information content (AvgIpc) is 2.06. The van der Waals surface area contributed by atoms with Crippen molar-refractivity contribution in [2.45, 2.75) is 6.42 Å². The number of rotatable bonds is 3. The lowest BCUT2D eigenvalue weighted by Crippen LogP contribution is -2.15. The smallest absolute Gasteiger partial charge is 0.126 e. The number of benzene rings is 1. The Morgan fingerprint density at radius 2 is 2.08 bits per heavy atom. The van der Waals surface area contributed by atoms with E-state index in [1.807, 2.05) is 19.0 Å². The quantitative estimate of drug-likeness (QED) is 0.727. The number of nitrogens with zero attached hydrogens (tertiary/aromatic N) is 1. The zero-order chi connectivity index (χ0) is 9.84. The van der Waals surface area contributed by atoms with E-state index in [0.717, 1.165) is 6.54 Å². The van der Waals surface area contributed by atoms with Crippen LogP contribution in [0.2, 0.25) is 5.02 Å². The second-order valence-electron chi connectivity index (χ2n) is 3.29. The monoisotopic (exact) mass is 201 g/mol. The summed E-state index contributed by atoms with van der Waals surface area (Å²) in [5.41, 5.74) is 0.682. The maximum absolute atomic E-state index is 13.1. The molecule has 1 aromatic carbocycles. The molecule has 0 heterocycles. The summed E-state index contributed by atoms with van der Waals surface area (Å²) < 4.78 is 13.1. The predicted octanol–water partition coefficient (Wildman–Crippen LogP) is 2.58. The molecule has 0 N–H and O–H groups in total. The van der Waals surface area contributed by atoms with Gasteiger partial charge in [-0.3, -0.25) is 0 Å². The summed E-state index contributed by atoms with van der Waals surface area (Å²) in [6.45, 7) is 0.831. The summed E-state index contributed by atoms with van der Waals surface area (Å²) in [7, 11) is 3.92. The number of hydrogen-bond donors (Lipinski definition) is 0. The van der Waals surface area contributed by atoms with E-state index in [1.165, 1.54) is 6.07 Å². The van der Waals surface area contributed by atoms with E-state index in [0.29, 0.717) is 17.0 Å². The van der Waals surface area contributed by atoms with Crippen LogP contribution in [0.15, 0.2) is 18.2 Å². The van der Waals surface area contributed by atoms with Gasteiger partial charge < -0.3 is 4.90 Å². The molecule has 0 aliphatic rings. The molecule has 0 spiro atoms. The highest BCUT2D eigenvalue weighted by molar-refractivity contribution is 6.30. The van der Waals surface area contributed by atoms with Crippen LogP contribution in [0.3, 0.4) is 0 Å². The van der Waals surface area contributed by atoms with E-state index < -0.39 is 0 Å². The van der Waals surface area contributed by atoms with Crippen LogP contribution >= 0.6 is 11.6 Å². The highest BCUT2D eigenvalue weighted by Crippen LogP contribution is 2.15. The Kier molecular flexibility index (Phi) is 3.70. The Morgan fingerprint density at radius 3 is 2.69 bits per heavy atom. The summed E-state index contributed by atoms with van der Waals surface area (Å²) >= 11 is 5.75. The zero-order valence-corrected chi connectivity index (χ0v) is 8.61. The molecule has 3 heteroatoms. The van der Waals surface area contributed by atoms with Gasteiger partial charge in [0.25, 0.3) is 0 Å². The van der Waals surface area contributed by atoms with Gasteiger partial charge in [0.1, 0.15) is 5.82 Å². The molecule has 0 saturated carbocycles.